The summed E-state index contributed by atoms with van der Waals surface area (Å²) >= 11 is 1.79. The molecule has 0 N–H and O–H groups in total. The average molecular weight is 286 g/mol. The van der Waals surface area contributed by atoms with Gasteiger partial charge in [0, 0.05) is 11.1 Å². The van der Waals surface area contributed by atoms with Crippen LogP contribution < -0.4 is 4.74 Å². The van der Waals surface area contributed by atoms with Gasteiger partial charge in [0.25, 0.3) is 0 Å². The Morgan fingerprint density at radius 2 is 1.80 bits per heavy atom. The molecule has 20 heavy (non-hydrogen) atoms. The first-order valence-electron chi connectivity index (χ1n) is 6.52. The zero-order chi connectivity index (χ0) is 14.4. The Hall–Kier alpha value is -1.74. The summed E-state index contributed by atoms with van der Waals surface area (Å²) in [7, 11) is 1.62. The second kappa shape index (κ2) is 7.15. The van der Waals surface area contributed by atoms with Gasteiger partial charge in [-0.3, -0.25) is 4.79 Å². The van der Waals surface area contributed by atoms with Crippen LogP contribution in [-0.4, -0.2) is 24.9 Å². The maximum Gasteiger partial charge on any atom is 0.193 e. The van der Waals surface area contributed by atoms with Crippen LogP contribution in [0, 0.1) is 0 Å². The number of ether oxygens (including phenoxy) is 1. The topological polar surface area (TPSA) is 26.3 Å². The quantitative estimate of drug-likeness (QED) is 0.755. The van der Waals surface area contributed by atoms with Gasteiger partial charge in [-0.1, -0.05) is 24.3 Å². The molecule has 2 nitrogen and oxygen atoms in total. The standard InChI is InChI=1S/C17H18O2S/c1-19-15-9-7-14(8-10-15)17(18)16-6-4-3-5-13(16)11-12-20-2/h3-10H,11-12H2,1-2H3. The van der Waals surface area contributed by atoms with Crippen LogP contribution in [0.5, 0.6) is 5.75 Å². The van der Waals surface area contributed by atoms with Crippen LogP contribution in [0.3, 0.4) is 0 Å². The van der Waals surface area contributed by atoms with Gasteiger partial charge in [0.1, 0.15) is 5.75 Å². The van der Waals surface area contributed by atoms with Gasteiger partial charge < -0.3 is 4.74 Å². The molecule has 2 aromatic carbocycles. The predicted molar refractivity (Wildman–Crippen MR) is 85.0 cm³/mol. The van der Waals surface area contributed by atoms with E-state index < -0.39 is 0 Å². The maximum atomic E-state index is 12.6. The van der Waals surface area contributed by atoms with Crippen LogP contribution >= 0.6 is 11.8 Å². The summed E-state index contributed by atoms with van der Waals surface area (Å²) < 4.78 is 5.12. The number of thioether (sulfide) groups is 1. The molecule has 3 heteroatoms. The highest BCUT2D eigenvalue weighted by Crippen LogP contribution is 2.18. The summed E-state index contributed by atoms with van der Waals surface area (Å²) in [4.78, 5) is 12.6. The van der Waals surface area contributed by atoms with Crippen molar-refractivity contribution in [2.75, 3.05) is 19.1 Å². The lowest BCUT2D eigenvalue weighted by Gasteiger charge is -2.08. The van der Waals surface area contributed by atoms with Crippen molar-refractivity contribution in [2.45, 2.75) is 6.42 Å². The molecule has 2 aromatic rings. The largest absolute Gasteiger partial charge is 0.497 e. The zero-order valence-corrected chi connectivity index (χ0v) is 12.6. The highest BCUT2D eigenvalue weighted by molar-refractivity contribution is 7.98. The lowest BCUT2D eigenvalue weighted by Crippen LogP contribution is -2.06. The van der Waals surface area contributed by atoms with Gasteiger partial charge in [-0.15, -0.1) is 0 Å². The molecule has 0 spiro atoms. The number of carbonyl (C=O) groups is 1. The molecule has 104 valence electrons. The van der Waals surface area contributed by atoms with E-state index in [0.717, 1.165) is 29.1 Å². The molecule has 0 bridgehead atoms. The summed E-state index contributed by atoms with van der Waals surface area (Å²) in [6.45, 7) is 0. The van der Waals surface area contributed by atoms with E-state index in [2.05, 4.69) is 6.26 Å². The molecule has 0 saturated carbocycles. The lowest BCUT2D eigenvalue weighted by molar-refractivity contribution is 0.103. The van der Waals surface area contributed by atoms with Crippen LogP contribution in [0.15, 0.2) is 48.5 Å². The van der Waals surface area contributed by atoms with Crippen LogP contribution in [-0.2, 0) is 6.42 Å². The van der Waals surface area contributed by atoms with Crippen molar-refractivity contribution in [3.05, 3.63) is 65.2 Å². The molecule has 0 saturated heterocycles. The summed E-state index contributed by atoms with van der Waals surface area (Å²) in [5.74, 6) is 1.86. The van der Waals surface area contributed by atoms with Crippen molar-refractivity contribution in [1.29, 1.82) is 0 Å². The molecule has 0 aromatic heterocycles. The Labute approximate surface area is 124 Å². The third kappa shape index (κ3) is 3.42. The second-order valence-corrected chi connectivity index (χ2v) is 5.44. The molecule has 0 radical (unpaired) electrons. The maximum absolute atomic E-state index is 12.6. The highest BCUT2D eigenvalue weighted by Gasteiger charge is 2.12. The molecule has 0 aliphatic carbocycles. The van der Waals surface area contributed by atoms with Crippen LogP contribution in [0.4, 0.5) is 0 Å². The number of hydrogen-bond acceptors (Lipinski definition) is 3. The summed E-state index contributed by atoms with van der Waals surface area (Å²) in [5.41, 5.74) is 2.61. The van der Waals surface area contributed by atoms with Crippen molar-refractivity contribution in [3.8, 4) is 5.75 Å². The van der Waals surface area contributed by atoms with Crippen molar-refractivity contribution in [1.82, 2.24) is 0 Å². The molecule has 0 fully saturated rings. The minimum atomic E-state index is 0.0735. The monoisotopic (exact) mass is 286 g/mol. The molecule has 0 atom stereocenters. The molecule has 0 aliphatic heterocycles. The average Bonchev–Trinajstić information content (AvgIpc) is 2.52. The smallest absolute Gasteiger partial charge is 0.193 e. The van der Waals surface area contributed by atoms with E-state index in [0.29, 0.717) is 5.56 Å². The number of methoxy groups -OCH3 is 1. The third-order valence-corrected chi connectivity index (χ3v) is 3.80. The minimum Gasteiger partial charge on any atom is -0.497 e. The fraction of sp³-hybridized carbons (Fsp3) is 0.235. The number of rotatable bonds is 6. The normalized spacial score (nSPS) is 10.3. The predicted octanol–water partition coefficient (Wildman–Crippen LogP) is 3.83. The first-order chi connectivity index (χ1) is 9.76. The minimum absolute atomic E-state index is 0.0735. The van der Waals surface area contributed by atoms with Gasteiger partial charge in [0.15, 0.2) is 5.78 Å². The van der Waals surface area contributed by atoms with Gasteiger partial charge in [-0.05, 0) is 48.3 Å². The SMILES string of the molecule is COc1ccc(C(=O)c2ccccc2CCSC)cc1. The van der Waals surface area contributed by atoms with E-state index in [-0.39, 0.29) is 5.78 Å². The number of carbonyl (C=O) groups excluding carboxylic acids is 1. The fourth-order valence-electron chi connectivity index (χ4n) is 2.07. The van der Waals surface area contributed by atoms with E-state index >= 15 is 0 Å². The van der Waals surface area contributed by atoms with Gasteiger partial charge in [-0.25, -0.2) is 0 Å². The number of benzene rings is 2. The van der Waals surface area contributed by atoms with Gasteiger partial charge in [0.2, 0.25) is 0 Å². The zero-order valence-electron chi connectivity index (χ0n) is 11.8. The van der Waals surface area contributed by atoms with E-state index in [9.17, 15) is 4.79 Å². The first-order valence-corrected chi connectivity index (χ1v) is 7.91. The van der Waals surface area contributed by atoms with Gasteiger partial charge >= 0.3 is 0 Å². The molecule has 0 unspecified atom stereocenters. The number of hydrogen-bond donors (Lipinski definition) is 0. The molecular weight excluding hydrogens is 268 g/mol. The Bertz CT molecular complexity index is 576. The Balaban J connectivity index is 2.27. The molecule has 0 aliphatic rings. The summed E-state index contributed by atoms with van der Waals surface area (Å²) in [5, 5.41) is 0. The van der Waals surface area contributed by atoms with Crippen LogP contribution in [0.1, 0.15) is 21.5 Å². The lowest BCUT2D eigenvalue weighted by atomic mass is 9.97. The summed E-state index contributed by atoms with van der Waals surface area (Å²) in [6, 6.07) is 15.1. The highest BCUT2D eigenvalue weighted by atomic mass is 32.2. The number of aryl methyl sites for hydroxylation is 1. The van der Waals surface area contributed by atoms with Crippen LogP contribution in [0.25, 0.3) is 0 Å². The first kappa shape index (κ1) is 14.7. The molecule has 0 heterocycles. The van der Waals surface area contributed by atoms with E-state index in [1.807, 2.05) is 48.5 Å². The van der Waals surface area contributed by atoms with E-state index in [4.69, 9.17) is 4.74 Å². The van der Waals surface area contributed by atoms with Crippen molar-refractivity contribution >= 4 is 17.5 Å². The van der Waals surface area contributed by atoms with Crippen molar-refractivity contribution in [3.63, 3.8) is 0 Å². The van der Waals surface area contributed by atoms with E-state index in [1.165, 1.54) is 0 Å². The Morgan fingerprint density at radius 3 is 2.45 bits per heavy atom. The molecule has 2 rings (SSSR count). The van der Waals surface area contributed by atoms with E-state index in [1.54, 1.807) is 18.9 Å². The van der Waals surface area contributed by atoms with Crippen molar-refractivity contribution in [2.24, 2.45) is 0 Å². The van der Waals surface area contributed by atoms with Gasteiger partial charge in [0.05, 0.1) is 7.11 Å². The second-order valence-electron chi connectivity index (χ2n) is 4.46. The Kier molecular flexibility index (Phi) is 5.24. The fourth-order valence-corrected chi connectivity index (χ4v) is 2.49. The van der Waals surface area contributed by atoms with Gasteiger partial charge in [-0.2, -0.15) is 11.8 Å². The number of ketones is 1. The van der Waals surface area contributed by atoms with Crippen molar-refractivity contribution < 1.29 is 9.53 Å². The molecule has 0 amide bonds. The Morgan fingerprint density at radius 1 is 1.10 bits per heavy atom. The molecular formula is C17H18O2S. The van der Waals surface area contributed by atoms with Crippen LogP contribution in [0.2, 0.25) is 0 Å². The third-order valence-electron chi connectivity index (χ3n) is 3.19. The summed E-state index contributed by atoms with van der Waals surface area (Å²) in [6.07, 6.45) is 2.99.